The fraction of sp³-hybridized carbons (Fsp3) is 0.750. The second kappa shape index (κ2) is 7.94. The highest BCUT2D eigenvalue weighted by Gasteiger charge is 2.41. The molecule has 0 spiro atoms. The van der Waals surface area contributed by atoms with Gasteiger partial charge in [-0.15, -0.1) is 0 Å². The zero-order valence-corrected chi connectivity index (χ0v) is 12.7. The quantitative estimate of drug-likeness (QED) is 0.311. The monoisotopic (exact) mass is 280 g/mol. The van der Waals surface area contributed by atoms with E-state index in [1.807, 2.05) is 6.92 Å². The standard InChI is InChI=1S/C16H24O4/c1-4-6-11-20-14(17)8-7-13(15(18)19-5-2)12-16(3)9-10-16/h13H,4-6,9-12H2,1-3H3/t13-/m0/s1. The molecule has 1 aliphatic carbocycles. The Kier molecular flexibility index (Phi) is 6.57. The molecular weight excluding hydrogens is 256 g/mol. The third kappa shape index (κ3) is 6.10. The SMILES string of the molecule is CCCCOC(=O)C#C[C@@H](CC1(C)CC1)C(=O)OCC. The summed E-state index contributed by atoms with van der Waals surface area (Å²) in [6.45, 7) is 6.62. The van der Waals surface area contributed by atoms with Crippen LogP contribution in [0.3, 0.4) is 0 Å². The van der Waals surface area contributed by atoms with Gasteiger partial charge in [-0.05, 0) is 38.0 Å². The van der Waals surface area contributed by atoms with Crippen molar-refractivity contribution < 1.29 is 19.1 Å². The number of rotatable bonds is 7. The maximum Gasteiger partial charge on any atom is 0.384 e. The van der Waals surface area contributed by atoms with Crippen molar-refractivity contribution in [3.8, 4) is 11.8 Å². The summed E-state index contributed by atoms with van der Waals surface area (Å²) in [6, 6.07) is 0. The average Bonchev–Trinajstić information content (AvgIpc) is 3.13. The van der Waals surface area contributed by atoms with Crippen LogP contribution in [0.25, 0.3) is 0 Å². The van der Waals surface area contributed by atoms with E-state index in [0.29, 0.717) is 19.6 Å². The second-order valence-corrected chi connectivity index (χ2v) is 5.58. The van der Waals surface area contributed by atoms with Gasteiger partial charge in [0.2, 0.25) is 0 Å². The second-order valence-electron chi connectivity index (χ2n) is 5.58. The zero-order chi connectivity index (χ0) is 15.0. The Morgan fingerprint density at radius 2 is 1.95 bits per heavy atom. The van der Waals surface area contributed by atoms with Crippen LogP contribution >= 0.6 is 0 Å². The molecule has 0 aromatic heterocycles. The Labute approximate surface area is 121 Å². The van der Waals surface area contributed by atoms with Crippen LogP contribution in [0, 0.1) is 23.2 Å². The van der Waals surface area contributed by atoms with Crippen molar-refractivity contribution in [2.24, 2.45) is 11.3 Å². The molecule has 112 valence electrons. The Morgan fingerprint density at radius 3 is 2.50 bits per heavy atom. The Bertz CT molecular complexity index is 398. The van der Waals surface area contributed by atoms with Crippen LogP contribution in [0.5, 0.6) is 0 Å². The van der Waals surface area contributed by atoms with Gasteiger partial charge in [-0.25, -0.2) is 4.79 Å². The normalized spacial score (nSPS) is 16.6. The smallest absolute Gasteiger partial charge is 0.384 e. The highest BCUT2D eigenvalue weighted by Crippen LogP contribution is 2.50. The van der Waals surface area contributed by atoms with Gasteiger partial charge in [0.25, 0.3) is 0 Å². The number of unbranched alkanes of at least 4 members (excludes halogenated alkanes) is 1. The number of carbonyl (C=O) groups is 2. The lowest BCUT2D eigenvalue weighted by atomic mass is 9.94. The molecule has 4 nitrogen and oxygen atoms in total. The van der Waals surface area contributed by atoms with Crippen molar-refractivity contribution in [2.75, 3.05) is 13.2 Å². The van der Waals surface area contributed by atoms with Crippen molar-refractivity contribution in [2.45, 2.75) is 52.9 Å². The van der Waals surface area contributed by atoms with E-state index in [1.165, 1.54) is 0 Å². The summed E-state index contributed by atoms with van der Waals surface area (Å²) in [7, 11) is 0. The average molecular weight is 280 g/mol. The number of hydrogen-bond acceptors (Lipinski definition) is 4. The largest absolute Gasteiger partial charge is 0.465 e. The van der Waals surface area contributed by atoms with Gasteiger partial charge in [0.05, 0.1) is 13.2 Å². The fourth-order valence-corrected chi connectivity index (χ4v) is 1.84. The van der Waals surface area contributed by atoms with Crippen LogP contribution in [0.2, 0.25) is 0 Å². The first kappa shape index (κ1) is 16.6. The molecule has 0 unspecified atom stereocenters. The van der Waals surface area contributed by atoms with E-state index in [2.05, 4.69) is 18.8 Å². The molecule has 1 atom stereocenters. The zero-order valence-electron chi connectivity index (χ0n) is 12.7. The lowest BCUT2D eigenvalue weighted by Gasteiger charge is -2.13. The molecule has 0 aliphatic heterocycles. The van der Waals surface area contributed by atoms with E-state index in [0.717, 1.165) is 25.7 Å². The predicted molar refractivity (Wildman–Crippen MR) is 75.7 cm³/mol. The van der Waals surface area contributed by atoms with Gasteiger partial charge in [-0.2, -0.15) is 0 Å². The molecule has 0 aromatic carbocycles. The third-order valence-electron chi connectivity index (χ3n) is 3.45. The van der Waals surface area contributed by atoms with Gasteiger partial charge in [-0.1, -0.05) is 26.2 Å². The summed E-state index contributed by atoms with van der Waals surface area (Å²) in [6.07, 6.45) is 4.65. The molecule has 0 N–H and O–H groups in total. The molecule has 1 saturated carbocycles. The maximum absolute atomic E-state index is 11.8. The van der Waals surface area contributed by atoms with Crippen molar-refractivity contribution in [3.63, 3.8) is 0 Å². The molecule has 4 heteroatoms. The number of esters is 2. The summed E-state index contributed by atoms with van der Waals surface area (Å²) in [5.74, 6) is 3.72. The first-order chi connectivity index (χ1) is 9.50. The van der Waals surface area contributed by atoms with Gasteiger partial charge in [0, 0.05) is 5.92 Å². The molecule has 0 heterocycles. The van der Waals surface area contributed by atoms with Crippen LogP contribution < -0.4 is 0 Å². The van der Waals surface area contributed by atoms with E-state index in [-0.39, 0.29) is 11.4 Å². The fourth-order valence-electron chi connectivity index (χ4n) is 1.84. The summed E-state index contributed by atoms with van der Waals surface area (Å²) in [5.41, 5.74) is 0.179. The van der Waals surface area contributed by atoms with Gasteiger partial charge in [0.15, 0.2) is 0 Å². The van der Waals surface area contributed by atoms with Gasteiger partial charge in [0.1, 0.15) is 5.92 Å². The van der Waals surface area contributed by atoms with Crippen molar-refractivity contribution in [3.05, 3.63) is 0 Å². The van der Waals surface area contributed by atoms with Crippen LogP contribution in [0.1, 0.15) is 52.9 Å². The van der Waals surface area contributed by atoms with Crippen molar-refractivity contribution in [1.29, 1.82) is 0 Å². The van der Waals surface area contributed by atoms with E-state index in [9.17, 15) is 9.59 Å². The Hall–Kier alpha value is -1.50. The number of carbonyl (C=O) groups excluding carboxylic acids is 2. The number of hydrogen-bond donors (Lipinski definition) is 0. The van der Waals surface area contributed by atoms with E-state index < -0.39 is 11.9 Å². The summed E-state index contributed by atoms with van der Waals surface area (Å²) in [4.78, 5) is 23.3. The van der Waals surface area contributed by atoms with Crippen LogP contribution in [0.4, 0.5) is 0 Å². The molecule has 1 fully saturated rings. The Morgan fingerprint density at radius 1 is 1.25 bits per heavy atom. The van der Waals surface area contributed by atoms with Gasteiger partial charge < -0.3 is 9.47 Å². The van der Waals surface area contributed by atoms with Crippen LogP contribution in [0.15, 0.2) is 0 Å². The lowest BCUT2D eigenvalue weighted by Crippen LogP contribution is -2.19. The van der Waals surface area contributed by atoms with Crippen molar-refractivity contribution in [1.82, 2.24) is 0 Å². The van der Waals surface area contributed by atoms with Gasteiger partial charge >= 0.3 is 11.9 Å². The lowest BCUT2D eigenvalue weighted by molar-refractivity contribution is -0.146. The summed E-state index contributed by atoms with van der Waals surface area (Å²) < 4.78 is 9.97. The summed E-state index contributed by atoms with van der Waals surface area (Å²) in [5, 5.41) is 0. The maximum atomic E-state index is 11.8. The molecule has 0 radical (unpaired) electrons. The van der Waals surface area contributed by atoms with E-state index in [4.69, 9.17) is 9.47 Å². The molecule has 0 aromatic rings. The molecule has 0 bridgehead atoms. The van der Waals surface area contributed by atoms with Gasteiger partial charge in [-0.3, -0.25) is 4.79 Å². The first-order valence-electron chi connectivity index (χ1n) is 7.35. The highest BCUT2D eigenvalue weighted by atomic mass is 16.5. The third-order valence-corrected chi connectivity index (χ3v) is 3.45. The predicted octanol–water partition coefficient (Wildman–Crippen LogP) is 2.70. The molecular formula is C16H24O4. The molecule has 1 aliphatic rings. The van der Waals surface area contributed by atoms with Crippen LogP contribution in [-0.2, 0) is 19.1 Å². The van der Waals surface area contributed by atoms with E-state index in [1.54, 1.807) is 6.92 Å². The molecule has 20 heavy (non-hydrogen) atoms. The molecule has 0 amide bonds. The Balaban J connectivity index is 2.55. The number of ether oxygens (including phenoxy) is 2. The molecule has 1 rings (SSSR count). The molecule has 0 saturated heterocycles. The van der Waals surface area contributed by atoms with E-state index >= 15 is 0 Å². The first-order valence-corrected chi connectivity index (χ1v) is 7.35. The topological polar surface area (TPSA) is 52.6 Å². The van der Waals surface area contributed by atoms with Crippen molar-refractivity contribution >= 4 is 11.9 Å². The van der Waals surface area contributed by atoms with Crippen LogP contribution in [-0.4, -0.2) is 25.2 Å². The summed E-state index contributed by atoms with van der Waals surface area (Å²) >= 11 is 0. The minimum absolute atomic E-state index is 0.179. The highest BCUT2D eigenvalue weighted by molar-refractivity contribution is 5.89. The minimum atomic E-state index is -0.561. The minimum Gasteiger partial charge on any atom is -0.465 e.